The first-order valence-corrected chi connectivity index (χ1v) is 10.1. The van der Waals surface area contributed by atoms with E-state index in [1.54, 1.807) is 12.1 Å². The lowest BCUT2D eigenvalue weighted by atomic mass is 9.85. The minimum absolute atomic E-state index is 0.229. The number of nitrogens with zero attached hydrogens (tertiary/aromatic N) is 1. The molecule has 1 saturated carbocycles. The van der Waals surface area contributed by atoms with Gasteiger partial charge in [-0.1, -0.05) is 37.1 Å². The van der Waals surface area contributed by atoms with Crippen molar-refractivity contribution in [1.82, 2.24) is 10.2 Å². The molecule has 5 nitrogen and oxygen atoms in total. The number of nitrogens with one attached hydrogen (secondary N) is 1. The van der Waals surface area contributed by atoms with Crippen molar-refractivity contribution in [3.05, 3.63) is 47.8 Å². The predicted octanol–water partition coefficient (Wildman–Crippen LogP) is 3.12. The van der Waals surface area contributed by atoms with Crippen LogP contribution < -0.4 is 5.32 Å². The molecule has 1 N–H and O–H groups in total. The summed E-state index contributed by atoms with van der Waals surface area (Å²) < 4.78 is 13.3. The second-order valence-electron chi connectivity index (χ2n) is 8.06. The molecule has 0 aromatic heterocycles. The normalized spacial score (nSPS) is 25.8. The average molecular weight is 384 g/mol. The quantitative estimate of drug-likeness (QED) is 0.627. The highest BCUT2D eigenvalue weighted by Gasteiger charge is 2.47. The minimum Gasteiger partial charge on any atom is -0.347 e. The van der Waals surface area contributed by atoms with Gasteiger partial charge in [-0.25, -0.2) is 4.39 Å². The van der Waals surface area contributed by atoms with Crippen LogP contribution in [0.4, 0.5) is 4.39 Å². The average Bonchev–Trinajstić information content (AvgIpc) is 3.31. The Morgan fingerprint density at radius 3 is 2.18 bits per heavy atom. The van der Waals surface area contributed by atoms with Gasteiger partial charge < -0.3 is 5.32 Å². The lowest BCUT2D eigenvalue weighted by Crippen LogP contribution is -2.43. The smallest absolute Gasteiger partial charge is 0.240 e. The van der Waals surface area contributed by atoms with Crippen LogP contribution in [0.2, 0.25) is 0 Å². The van der Waals surface area contributed by atoms with Gasteiger partial charge in [0, 0.05) is 0 Å². The Hall–Kier alpha value is -2.50. The molecule has 0 spiro atoms. The van der Waals surface area contributed by atoms with Crippen molar-refractivity contribution in [3.8, 4) is 0 Å². The fourth-order valence-electron chi connectivity index (χ4n) is 4.82. The van der Waals surface area contributed by atoms with Crippen LogP contribution in [0, 0.1) is 23.6 Å². The zero-order valence-electron chi connectivity index (χ0n) is 15.8. The maximum Gasteiger partial charge on any atom is 0.240 e. The number of fused-ring (bicyclic) bond motifs is 1. The van der Waals surface area contributed by atoms with Gasteiger partial charge in [-0.2, -0.15) is 0 Å². The predicted molar refractivity (Wildman–Crippen MR) is 101 cm³/mol. The molecule has 1 aromatic rings. The Bertz CT molecular complexity index is 773. The SMILES string of the molecule is O=C(CN1C(=O)[C@H]2CC=CC[C@H]2C1=O)N[C@H](c1ccc(F)cc1)C1CCCC1. The number of imide groups is 1. The first-order chi connectivity index (χ1) is 13.5. The summed E-state index contributed by atoms with van der Waals surface area (Å²) in [6, 6.07) is 5.96. The van der Waals surface area contributed by atoms with Crippen LogP contribution in [0.1, 0.15) is 50.1 Å². The van der Waals surface area contributed by atoms with E-state index in [0.717, 1.165) is 36.1 Å². The monoisotopic (exact) mass is 384 g/mol. The van der Waals surface area contributed by atoms with Crippen molar-refractivity contribution in [1.29, 1.82) is 0 Å². The number of halogens is 1. The molecule has 28 heavy (non-hydrogen) atoms. The molecule has 1 aromatic carbocycles. The number of likely N-dealkylation sites (tertiary alicyclic amines) is 1. The van der Waals surface area contributed by atoms with E-state index in [1.165, 1.54) is 12.1 Å². The van der Waals surface area contributed by atoms with Crippen LogP contribution >= 0.6 is 0 Å². The van der Waals surface area contributed by atoms with Gasteiger partial charge in [0.15, 0.2) is 0 Å². The second kappa shape index (κ2) is 7.86. The van der Waals surface area contributed by atoms with Gasteiger partial charge >= 0.3 is 0 Å². The molecule has 4 rings (SSSR count). The molecular weight excluding hydrogens is 359 g/mol. The Labute approximate surface area is 164 Å². The van der Waals surface area contributed by atoms with Crippen LogP contribution in [-0.4, -0.2) is 29.2 Å². The van der Waals surface area contributed by atoms with Crippen molar-refractivity contribution in [3.63, 3.8) is 0 Å². The highest BCUT2D eigenvalue weighted by Crippen LogP contribution is 2.37. The molecule has 2 aliphatic carbocycles. The van der Waals surface area contributed by atoms with E-state index in [4.69, 9.17) is 0 Å². The number of hydrogen-bond donors (Lipinski definition) is 1. The largest absolute Gasteiger partial charge is 0.347 e. The molecule has 3 amide bonds. The van der Waals surface area contributed by atoms with Gasteiger partial charge in [0.05, 0.1) is 17.9 Å². The van der Waals surface area contributed by atoms with Crippen LogP contribution in [0.5, 0.6) is 0 Å². The molecule has 3 atom stereocenters. The van der Waals surface area contributed by atoms with Crippen molar-refractivity contribution in [2.75, 3.05) is 6.54 Å². The van der Waals surface area contributed by atoms with Crippen molar-refractivity contribution < 1.29 is 18.8 Å². The molecule has 1 aliphatic heterocycles. The summed E-state index contributed by atoms with van der Waals surface area (Å²) in [4.78, 5) is 39.0. The number of hydrogen-bond acceptors (Lipinski definition) is 3. The van der Waals surface area contributed by atoms with Gasteiger partial charge in [0.25, 0.3) is 0 Å². The van der Waals surface area contributed by atoms with Crippen LogP contribution in [-0.2, 0) is 14.4 Å². The van der Waals surface area contributed by atoms with Gasteiger partial charge in [0.2, 0.25) is 17.7 Å². The van der Waals surface area contributed by atoms with Crippen molar-refractivity contribution in [2.24, 2.45) is 17.8 Å². The van der Waals surface area contributed by atoms with E-state index < -0.39 is 0 Å². The van der Waals surface area contributed by atoms with E-state index in [-0.39, 0.29) is 53.9 Å². The Morgan fingerprint density at radius 2 is 1.61 bits per heavy atom. The van der Waals surface area contributed by atoms with E-state index in [9.17, 15) is 18.8 Å². The Balaban J connectivity index is 1.46. The Morgan fingerprint density at radius 1 is 1.04 bits per heavy atom. The zero-order chi connectivity index (χ0) is 19.7. The van der Waals surface area contributed by atoms with Gasteiger partial charge in [-0.05, 0) is 49.3 Å². The molecule has 6 heteroatoms. The van der Waals surface area contributed by atoms with Gasteiger partial charge in [0.1, 0.15) is 12.4 Å². The number of rotatable bonds is 5. The third-order valence-corrected chi connectivity index (χ3v) is 6.32. The summed E-state index contributed by atoms with van der Waals surface area (Å²) in [7, 11) is 0. The maximum absolute atomic E-state index is 13.3. The lowest BCUT2D eigenvalue weighted by Gasteiger charge is -2.26. The first-order valence-electron chi connectivity index (χ1n) is 10.1. The number of carbonyl (C=O) groups is 3. The van der Waals surface area contributed by atoms with Crippen LogP contribution in [0.15, 0.2) is 36.4 Å². The molecular formula is C22H25FN2O3. The summed E-state index contributed by atoms with van der Waals surface area (Å²) in [6.07, 6.45) is 9.21. The molecule has 148 valence electrons. The summed E-state index contributed by atoms with van der Waals surface area (Å²) in [5, 5.41) is 3.02. The summed E-state index contributed by atoms with van der Waals surface area (Å²) in [5.74, 6) is -1.51. The van der Waals surface area contributed by atoms with Crippen molar-refractivity contribution in [2.45, 2.75) is 44.6 Å². The first kappa shape index (κ1) is 18.8. The number of allylic oxidation sites excluding steroid dienone is 2. The molecule has 3 aliphatic rings. The van der Waals surface area contributed by atoms with E-state index in [2.05, 4.69) is 5.32 Å². The summed E-state index contributed by atoms with van der Waals surface area (Å²) in [6.45, 7) is -0.241. The molecule has 1 saturated heterocycles. The van der Waals surface area contributed by atoms with E-state index in [0.29, 0.717) is 12.8 Å². The van der Waals surface area contributed by atoms with E-state index in [1.807, 2.05) is 12.2 Å². The highest BCUT2D eigenvalue weighted by molar-refractivity contribution is 6.07. The zero-order valence-corrected chi connectivity index (χ0v) is 15.8. The highest BCUT2D eigenvalue weighted by atomic mass is 19.1. The van der Waals surface area contributed by atoms with Crippen LogP contribution in [0.25, 0.3) is 0 Å². The van der Waals surface area contributed by atoms with Crippen molar-refractivity contribution >= 4 is 17.7 Å². The molecule has 0 bridgehead atoms. The fourth-order valence-corrected chi connectivity index (χ4v) is 4.82. The topological polar surface area (TPSA) is 66.5 Å². The molecule has 1 heterocycles. The number of benzene rings is 1. The summed E-state index contributed by atoms with van der Waals surface area (Å²) >= 11 is 0. The van der Waals surface area contributed by atoms with Gasteiger partial charge in [-0.15, -0.1) is 0 Å². The Kier molecular flexibility index (Phi) is 5.29. The lowest BCUT2D eigenvalue weighted by molar-refractivity contribution is -0.143. The second-order valence-corrected chi connectivity index (χ2v) is 8.06. The third kappa shape index (κ3) is 3.60. The maximum atomic E-state index is 13.3. The molecule has 0 unspecified atom stereocenters. The molecule has 0 radical (unpaired) electrons. The number of amides is 3. The van der Waals surface area contributed by atoms with Gasteiger partial charge in [-0.3, -0.25) is 19.3 Å². The number of carbonyl (C=O) groups excluding carboxylic acids is 3. The third-order valence-electron chi connectivity index (χ3n) is 6.32. The van der Waals surface area contributed by atoms with Crippen LogP contribution in [0.3, 0.4) is 0 Å². The summed E-state index contributed by atoms with van der Waals surface area (Å²) in [5.41, 5.74) is 0.860. The van der Waals surface area contributed by atoms with E-state index >= 15 is 0 Å². The molecule has 2 fully saturated rings. The fraction of sp³-hybridized carbons (Fsp3) is 0.500. The minimum atomic E-state index is -0.338. The standard InChI is InChI=1S/C22H25FN2O3/c23-16-11-9-15(10-12-16)20(14-5-1-2-6-14)24-19(26)13-25-21(27)17-7-3-4-8-18(17)22(25)28/h3-4,9-12,14,17-18,20H,1-2,5-8,13H2,(H,24,26)/t17-,18+,20-/m0/s1.